The number of nitrogens with two attached hydrogens (primary N) is 1. The standard InChI is InChI=1S/C10H11F2N5O3/c11-7(12)6-4(18)5(19)10(20-6)17-2-16-3-8(13)14-1-15-9(3)17/h1-2,4-7,10,18-19H,(H2,13,14,15)/t4-,5+,6-,10?/m0/s1. The molecule has 0 amide bonds. The van der Waals surface area contributed by atoms with Crippen molar-refractivity contribution >= 4 is 17.0 Å². The lowest BCUT2D eigenvalue weighted by Gasteiger charge is -2.16. The molecule has 0 spiro atoms. The fraction of sp³-hybridized carbons (Fsp3) is 0.500. The number of aromatic nitrogens is 4. The number of aliphatic hydroxyl groups is 2. The van der Waals surface area contributed by atoms with Crippen LogP contribution in [0, 0.1) is 0 Å². The Balaban J connectivity index is 2.02. The molecule has 8 nitrogen and oxygen atoms in total. The van der Waals surface area contributed by atoms with Gasteiger partial charge in [-0.05, 0) is 0 Å². The van der Waals surface area contributed by atoms with Crippen LogP contribution in [0.5, 0.6) is 0 Å². The molecule has 2 aromatic heterocycles. The first-order valence-corrected chi connectivity index (χ1v) is 5.73. The third-order valence-electron chi connectivity index (χ3n) is 3.18. The van der Waals surface area contributed by atoms with Crippen LogP contribution in [0.15, 0.2) is 12.7 Å². The summed E-state index contributed by atoms with van der Waals surface area (Å²) in [7, 11) is 0. The molecule has 4 N–H and O–H groups in total. The van der Waals surface area contributed by atoms with Crippen LogP contribution < -0.4 is 5.73 Å². The maximum atomic E-state index is 12.7. The number of nitrogens with zero attached hydrogens (tertiary/aromatic N) is 4. The van der Waals surface area contributed by atoms with Crippen LogP contribution in [0.3, 0.4) is 0 Å². The molecule has 1 fully saturated rings. The first-order chi connectivity index (χ1) is 9.50. The molecule has 1 aliphatic heterocycles. The van der Waals surface area contributed by atoms with E-state index in [1.165, 1.54) is 17.2 Å². The van der Waals surface area contributed by atoms with Gasteiger partial charge in [0.05, 0.1) is 6.33 Å². The zero-order chi connectivity index (χ0) is 14.4. The molecular formula is C10H11F2N5O3. The van der Waals surface area contributed by atoms with Crippen LogP contribution in [0.4, 0.5) is 14.6 Å². The van der Waals surface area contributed by atoms with E-state index >= 15 is 0 Å². The van der Waals surface area contributed by atoms with Gasteiger partial charge in [0.15, 0.2) is 17.7 Å². The van der Waals surface area contributed by atoms with E-state index in [1.807, 2.05) is 0 Å². The predicted octanol–water partition coefficient (Wildman–Crippen LogP) is -0.707. The zero-order valence-electron chi connectivity index (χ0n) is 9.97. The minimum Gasteiger partial charge on any atom is -0.387 e. The van der Waals surface area contributed by atoms with E-state index in [1.54, 1.807) is 0 Å². The number of fused-ring (bicyclic) bond motifs is 1. The van der Waals surface area contributed by atoms with E-state index in [4.69, 9.17) is 10.5 Å². The number of hydrogen-bond donors (Lipinski definition) is 3. The summed E-state index contributed by atoms with van der Waals surface area (Å²) >= 11 is 0. The van der Waals surface area contributed by atoms with Crippen molar-refractivity contribution < 1.29 is 23.7 Å². The lowest BCUT2D eigenvalue weighted by Crippen LogP contribution is -2.35. The highest BCUT2D eigenvalue weighted by atomic mass is 19.3. The topological polar surface area (TPSA) is 119 Å². The summed E-state index contributed by atoms with van der Waals surface area (Å²) in [5, 5.41) is 19.4. The van der Waals surface area contributed by atoms with Crippen LogP contribution in [0.1, 0.15) is 6.23 Å². The van der Waals surface area contributed by atoms with Crippen molar-refractivity contribution in [3.63, 3.8) is 0 Å². The lowest BCUT2D eigenvalue weighted by molar-refractivity contribution is -0.0969. The summed E-state index contributed by atoms with van der Waals surface area (Å²) in [6.07, 6.45) is -6.71. The summed E-state index contributed by atoms with van der Waals surface area (Å²) in [6, 6.07) is 0. The van der Waals surface area contributed by atoms with Gasteiger partial charge in [0.1, 0.15) is 30.2 Å². The van der Waals surface area contributed by atoms with Crippen molar-refractivity contribution in [1.29, 1.82) is 0 Å². The van der Waals surface area contributed by atoms with Crippen LogP contribution in [0.25, 0.3) is 11.2 Å². The molecule has 0 aliphatic carbocycles. The Hall–Kier alpha value is -1.91. The molecule has 108 valence electrons. The number of ether oxygens (including phenoxy) is 1. The molecule has 2 aromatic rings. The first kappa shape index (κ1) is 13.1. The van der Waals surface area contributed by atoms with Gasteiger partial charge in [0, 0.05) is 0 Å². The van der Waals surface area contributed by atoms with E-state index in [9.17, 15) is 19.0 Å². The van der Waals surface area contributed by atoms with Crippen LogP contribution in [-0.2, 0) is 4.74 Å². The quantitative estimate of drug-likeness (QED) is 0.667. The van der Waals surface area contributed by atoms with Gasteiger partial charge < -0.3 is 20.7 Å². The molecule has 0 radical (unpaired) electrons. The molecule has 10 heteroatoms. The third-order valence-corrected chi connectivity index (χ3v) is 3.18. The number of halogens is 2. The third kappa shape index (κ3) is 1.80. The molecule has 0 bridgehead atoms. The Morgan fingerprint density at radius 2 is 2.00 bits per heavy atom. The summed E-state index contributed by atoms with van der Waals surface area (Å²) in [5.74, 6) is 0.118. The minimum atomic E-state index is -2.92. The number of imidazole rings is 1. The number of aliphatic hydroxyl groups excluding tert-OH is 2. The monoisotopic (exact) mass is 287 g/mol. The minimum absolute atomic E-state index is 0.118. The maximum Gasteiger partial charge on any atom is 0.267 e. The van der Waals surface area contributed by atoms with Crippen molar-refractivity contribution in [3.05, 3.63) is 12.7 Å². The van der Waals surface area contributed by atoms with Gasteiger partial charge in [-0.1, -0.05) is 0 Å². The van der Waals surface area contributed by atoms with E-state index in [0.717, 1.165) is 0 Å². The average molecular weight is 287 g/mol. The molecule has 1 aliphatic rings. The number of hydrogen-bond acceptors (Lipinski definition) is 7. The smallest absolute Gasteiger partial charge is 0.267 e. The summed E-state index contributed by atoms with van der Waals surface area (Å²) < 4.78 is 31.6. The van der Waals surface area contributed by atoms with Gasteiger partial charge in [-0.2, -0.15) is 0 Å². The molecule has 20 heavy (non-hydrogen) atoms. The zero-order valence-corrected chi connectivity index (χ0v) is 9.97. The summed E-state index contributed by atoms with van der Waals surface area (Å²) in [6.45, 7) is 0. The summed E-state index contributed by atoms with van der Waals surface area (Å²) in [4.78, 5) is 11.6. The van der Waals surface area contributed by atoms with Gasteiger partial charge in [-0.3, -0.25) is 4.57 Å². The van der Waals surface area contributed by atoms with Gasteiger partial charge in [0.2, 0.25) is 0 Å². The van der Waals surface area contributed by atoms with E-state index in [2.05, 4.69) is 15.0 Å². The molecule has 3 rings (SSSR count). The highest BCUT2D eigenvalue weighted by Gasteiger charge is 2.48. The van der Waals surface area contributed by atoms with Gasteiger partial charge in [-0.15, -0.1) is 0 Å². The van der Waals surface area contributed by atoms with E-state index in [0.29, 0.717) is 0 Å². The van der Waals surface area contributed by atoms with Gasteiger partial charge in [-0.25, -0.2) is 23.7 Å². The molecule has 1 unspecified atom stereocenters. The van der Waals surface area contributed by atoms with E-state index in [-0.39, 0.29) is 17.0 Å². The van der Waals surface area contributed by atoms with Crippen molar-refractivity contribution in [2.75, 3.05) is 5.73 Å². The molecular weight excluding hydrogens is 276 g/mol. The largest absolute Gasteiger partial charge is 0.387 e. The number of nitrogen functional groups attached to an aromatic ring is 1. The fourth-order valence-electron chi connectivity index (χ4n) is 2.18. The van der Waals surface area contributed by atoms with Crippen LogP contribution >= 0.6 is 0 Å². The lowest BCUT2D eigenvalue weighted by atomic mass is 10.1. The molecule has 1 saturated heterocycles. The Kier molecular flexibility index (Phi) is 3.00. The highest BCUT2D eigenvalue weighted by Crippen LogP contribution is 2.34. The van der Waals surface area contributed by atoms with Crippen molar-refractivity contribution in [2.24, 2.45) is 0 Å². The van der Waals surface area contributed by atoms with Crippen LogP contribution in [-0.4, -0.2) is 54.5 Å². The second-order valence-electron chi connectivity index (χ2n) is 4.39. The molecule has 0 aromatic carbocycles. The number of alkyl halides is 2. The second kappa shape index (κ2) is 4.58. The van der Waals surface area contributed by atoms with Gasteiger partial charge in [0.25, 0.3) is 6.43 Å². The normalized spacial score (nSPS) is 30.4. The maximum absolute atomic E-state index is 12.7. The van der Waals surface area contributed by atoms with Crippen LogP contribution in [0.2, 0.25) is 0 Å². The van der Waals surface area contributed by atoms with Crippen molar-refractivity contribution in [3.8, 4) is 0 Å². The summed E-state index contributed by atoms with van der Waals surface area (Å²) in [5.41, 5.74) is 6.09. The predicted molar refractivity (Wildman–Crippen MR) is 61.7 cm³/mol. The second-order valence-corrected chi connectivity index (χ2v) is 4.39. The van der Waals surface area contributed by atoms with Crippen molar-refractivity contribution in [2.45, 2.75) is 31.0 Å². The number of anilines is 1. The van der Waals surface area contributed by atoms with Crippen molar-refractivity contribution in [1.82, 2.24) is 19.5 Å². The van der Waals surface area contributed by atoms with E-state index < -0.39 is 31.0 Å². The Morgan fingerprint density at radius 3 is 2.65 bits per heavy atom. The Labute approximate surface area is 110 Å². The molecule has 4 atom stereocenters. The molecule has 3 heterocycles. The fourth-order valence-corrected chi connectivity index (χ4v) is 2.18. The number of rotatable bonds is 2. The Morgan fingerprint density at radius 1 is 1.25 bits per heavy atom. The highest BCUT2D eigenvalue weighted by molar-refractivity contribution is 5.81. The Bertz CT molecular complexity index is 636. The van der Waals surface area contributed by atoms with Gasteiger partial charge >= 0.3 is 0 Å². The average Bonchev–Trinajstić information content (AvgIpc) is 2.94. The first-order valence-electron chi connectivity index (χ1n) is 5.73. The molecule has 0 saturated carbocycles. The SMILES string of the molecule is Nc1ncnc2c1ncn2C1O[C@H](C(F)F)[C@@H](O)[C@H]1O.